The zero-order chi connectivity index (χ0) is 18.3. The zero-order valence-electron chi connectivity index (χ0n) is 15.5. The van der Waals surface area contributed by atoms with Crippen molar-refractivity contribution in [2.24, 2.45) is 5.90 Å². The molecule has 0 unspecified atom stereocenters. The monoisotopic (exact) mass is 357 g/mol. The van der Waals surface area contributed by atoms with Gasteiger partial charge in [-0.3, -0.25) is 0 Å². The first-order valence-electron chi connectivity index (χ1n) is 9.35. The van der Waals surface area contributed by atoms with Gasteiger partial charge in [-0.1, -0.05) is 54.6 Å². The lowest BCUT2D eigenvalue weighted by atomic mass is 10.0. The van der Waals surface area contributed by atoms with Crippen LogP contribution in [0.5, 0.6) is 0 Å². The predicted octanol–water partition coefficient (Wildman–Crippen LogP) is 2.72. The maximum Gasteiger partial charge on any atom is 0.0803 e. The van der Waals surface area contributed by atoms with E-state index >= 15 is 0 Å². The normalized spacial score (nSPS) is 11.0. The van der Waals surface area contributed by atoms with E-state index in [0.29, 0.717) is 6.61 Å². The van der Waals surface area contributed by atoms with Crippen molar-refractivity contribution in [1.82, 2.24) is 10.6 Å². The van der Waals surface area contributed by atoms with E-state index in [4.69, 9.17) is 10.6 Å². The lowest BCUT2D eigenvalue weighted by Crippen LogP contribution is -2.23. The molecule has 0 aliphatic carbocycles. The van der Waals surface area contributed by atoms with E-state index in [0.717, 1.165) is 52.2 Å². The van der Waals surface area contributed by atoms with E-state index in [1.807, 2.05) is 6.07 Å². The molecule has 5 nitrogen and oxygen atoms in total. The van der Waals surface area contributed by atoms with E-state index in [2.05, 4.69) is 64.0 Å². The van der Waals surface area contributed by atoms with Crippen LogP contribution in [0.25, 0.3) is 11.1 Å². The van der Waals surface area contributed by atoms with Gasteiger partial charge in [0, 0.05) is 26.3 Å². The Morgan fingerprint density at radius 2 is 1.35 bits per heavy atom. The molecule has 2 rings (SSSR count). The Morgan fingerprint density at radius 1 is 0.692 bits per heavy atom. The Hall–Kier alpha value is -1.76. The summed E-state index contributed by atoms with van der Waals surface area (Å²) < 4.78 is 5.62. The van der Waals surface area contributed by atoms with Crippen molar-refractivity contribution in [2.75, 3.05) is 39.5 Å². The van der Waals surface area contributed by atoms with Gasteiger partial charge in [-0.15, -0.1) is 0 Å². The van der Waals surface area contributed by atoms with Gasteiger partial charge in [0.15, 0.2) is 0 Å². The fraction of sp³-hybridized carbons (Fsp3) is 0.429. The average Bonchev–Trinajstić information content (AvgIpc) is 2.70. The molecule has 2 aromatic carbocycles. The van der Waals surface area contributed by atoms with E-state index in [9.17, 15) is 0 Å². The second-order valence-corrected chi connectivity index (χ2v) is 6.18. The summed E-state index contributed by atoms with van der Waals surface area (Å²) >= 11 is 0. The Labute approximate surface area is 156 Å². The summed E-state index contributed by atoms with van der Waals surface area (Å²) in [6, 6.07) is 19.2. The smallest absolute Gasteiger partial charge is 0.0803 e. The van der Waals surface area contributed by atoms with Crippen molar-refractivity contribution in [2.45, 2.75) is 19.4 Å². The maximum atomic E-state index is 5.62. The molecule has 26 heavy (non-hydrogen) atoms. The van der Waals surface area contributed by atoms with Gasteiger partial charge in [-0.25, -0.2) is 5.90 Å². The molecule has 0 spiro atoms. The highest BCUT2D eigenvalue weighted by atomic mass is 16.6. The zero-order valence-corrected chi connectivity index (χ0v) is 15.5. The molecular formula is C21H31N3O2. The summed E-state index contributed by atoms with van der Waals surface area (Å²) in [6.07, 6.45) is 2.03. The van der Waals surface area contributed by atoms with Crippen molar-refractivity contribution >= 4 is 0 Å². The lowest BCUT2D eigenvalue weighted by molar-refractivity contribution is 0.124. The minimum Gasteiger partial charge on any atom is -0.381 e. The van der Waals surface area contributed by atoms with Gasteiger partial charge in [0.2, 0.25) is 0 Å². The topological polar surface area (TPSA) is 68.5 Å². The van der Waals surface area contributed by atoms with E-state index in [1.54, 1.807) is 0 Å². The summed E-state index contributed by atoms with van der Waals surface area (Å²) in [5.74, 6) is 4.95. The second kappa shape index (κ2) is 13.4. The van der Waals surface area contributed by atoms with Crippen LogP contribution in [0, 0.1) is 0 Å². The first-order valence-corrected chi connectivity index (χ1v) is 9.35. The number of rotatable bonds is 14. The van der Waals surface area contributed by atoms with Crippen LogP contribution in [-0.2, 0) is 16.1 Å². The lowest BCUT2D eigenvalue weighted by Gasteiger charge is -2.08. The van der Waals surface area contributed by atoms with Crippen molar-refractivity contribution in [3.8, 4) is 11.1 Å². The highest BCUT2D eigenvalue weighted by molar-refractivity contribution is 5.63. The maximum absolute atomic E-state index is 5.62. The number of benzene rings is 2. The van der Waals surface area contributed by atoms with Crippen LogP contribution in [0.4, 0.5) is 0 Å². The molecule has 0 atom stereocenters. The highest BCUT2D eigenvalue weighted by Crippen LogP contribution is 2.19. The third-order valence-electron chi connectivity index (χ3n) is 4.07. The number of hydrogen-bond acceptors (Lipinski definition) is 5. The van der Waals surface area contributed by atoms with E-state index in [1.165, 1.54) is 16.7 Å². The van der Waals surface area contributed by atoms with Gasteiger partial charge in [-0.2, -0.15) is 0 Å². The van der Waals surface area contributed by atoms with Crippen LogP contribution in [0.2, 0.25) is 0 Å². The van der Waals surface area contributed by atoms with Gasteiger partial charge in [0.1, 0.15) is 0 Å². The van der Waals surface area contributed by atoms with Gasteiger partial charge < -0.3 is 20.2 Å². The molecule has 142 valence electrons. The molecule has 0 fully saturated rings. The fourth-order valence-corrected chi connectivity index (χ4v) is 2.63. The van der Waals surface area contributed by atoms with Crippen molar-refractivity contribution < 1.29 is 9.57 Å². The SMILES string of the molecule is NOCCNCCCOCCCNCc1ccc(-c2ccccc2)cc1. The Kier molecular flexibility index (Phi) is 10.6. The minimum absolute atomic E-state index is 0.543. The molecule has 0 amide bonds. The predicted molar refractivity (Wildman–Crippen MR) is 107 cm³/mol. The van der Waals surface area contributed by atoms with Gasteiger partial charge in [-0.05, 0) is 42.6 Å². The van der Waals surface area contributed by atoms with Gasteiger partial charge >= 0.3 is 0 Å². The summed E-state index contributed by atoms with van der Waals surface area (Å²) in [5.41, 5.74) is 3.82. The van der Waals surface area contributed by atoms with E-state index < -0.39 is 0 Å². The fourth-order valence-electron chi connectivity index (χ4n) is 2.63. The van der Waals surface area contributed by atoms with Crippen LogP contribution in [0.3, 0.4) is 0 Å². The quantitative estimate of drug-likeness (QED) is 0.358. The highest BCUT2D eigenvalue weighted by Gasteiger charge is 1.98. The van der Waals surface area contributed by atoms with Crippen molar-refractivity contribution in [1.29, 1.82) is 0 Å². The Balaban J connectivity index is 1.47. The molecule has 0 aromatic heterocycles. The molecule has 0 heterocycles. The van der Waals surface area contributed by atoms with Crippen molar-refractivity contribution in [3.05, 3.63) is 60.2 Å². The van der Waals surface area contributed by atoms with Crippen LogP contribution in [-0.4, -0.2) is 39.5 Å². The third-order valence-corrected chi connectivity index (χ3v) is 4.07. The summed E-state index contributed by atoms with van der Waals surface area (Å²) in [6.45, 7) is 5.70. The molecule has 2 aromatic rings. The molecular weight excluding hydrogens is 326 g/mol. The first-order chi connectivity index (χ1) is 12.9. The standard InChI is InChI=1S/C21H31N3O2/c22-26-17-14-23-12-4-15-25-16-5-13-24-18-19-8-10-21(11-9-19)20-6-2-1-3-7-20/h1-3,6-11,23-24H,4-5,12-18,22H2. The molecule has 0 aliphatic heterocycles. The summed E-state index contributed by atoms with van der Waals surface area (Å²) in [5, 5.41) is 6.70. The Bertz CT molecular complexity index is 576. The summed E-state index contributed by atoms with van der Waals surface area (Å²) in [7, 11) is 0. The van der Waals surface area contributed by atoms with E-state index in [-0.39, 0.29) is 0 Å². The van der Waals surface area contributed by atoms with Crippen molar-refractivity contribution in [3.63, 3.8) is 0 Å². The largest absolute Gasteiger partial charge is 0.381 e. The van der Waals surface area contributed by atoms with Gasteiger partial charge in [0.05, 0.1) is 6.61 Å². The molecule has 0 radical (unpaired) electrons. The molecule has 0 saturated heterocycles. The minimum atomic E-state index is 0.543. The van der Waals surface area contributed by atoms with Gasteiger partial charge in [0.25, 0.3) is 0 Å². The molecule has 4 N–H and O–H groups in total. The number of hydrogen-bond donors (Lipinski definition) is 3. The van der Waals surface area contributed by atoms with Crippen LogP contribution >= 0.6 is 0 Å². The van der Waals surface area contributed by atoms with Crippen LogP contribution < -0.4 is 16.5 Å². The molecule has 0 saturated carbocycles. The number of ether oxygens (including phenoxy) is 1. The molecule has 0 aliphatic rings. The number of nitrogens with one attached hydrogen (secondary N) is 2. The molecule has 5 heteroatoms. The van der Waals surface area contributed by atoms with Crippen LogP contribution in [0.15, 0.2) is 54.6 Å². The van der Waals surface area contributed by atoms with Crippen LogP contribution in [0.1, 0.15) is 18.4 Å². The average molecular weight is 357 g/mol. The first kappa shape index (κ1) is 20.6. The Morgan fingerprint density at radius 3 is 2.04 bits per heavy atom. The second-order valence-electron chi connectivity index (χ2n) is 6.18. The summed E-state index contributed by atoms with van der Waals surface area (Å²) in [4.78, 5) is 4.48. The molecule has 0 bridgehead atoms. The number of nitrogens with two attached hydrogens (primary N) is 1. The third kappa shape index (κ3) is 8.56.